The number of hydrogen-bond donors (Lipinski definition) is 1. The highest BCUT2D eigenvalue weighted by Crippen LogP contribution is 2.22. The van der Waals surface area contributed by atoms with E-state index in [0.717, 1.165) is 12.8 Å². The van der Waals surface area contributed by atoms with Crippen molar-refractivity contribution in [1.29, 1.82) is 0 Å². The third-order valence-electron chi connectivity index (χ3n) is 3.43. The molecule has 0 unspecified atom stereocenters. The number of nitrogens with one attached hydrogen (secondary N) is 1. The molecule has 1 N–H and O–H groups in total. The van der Waals surface area contributed by atoms with Crippen molar-refractivity contribution < 1.29 is 14.3 Å². The Balaban J connectivity index is 1.93. The SMILES string of the molecule is CC(C)(C)NC(=O)COC(=O)c1ccc2c(c1)CCCC2. The van der Waals surface area contributed by atoms with Gasteiger partial charge in [0.25, 0.3) is 5.91 Å². The molecule has 0 saturated heterocycles. The Kier molecular flexibility index (Phi) is 4.66. The first-order valence-corrected chi connectivity index (χ1v) is 7.45. The fraction of sp³-hybridized carbons (Fsp3) is 0.529. The second kappa shape index (κ2) is 6.29. The van der Waals surface area contributed by atoms with E-state index in [2.05, 4.69) is 5.32 Å². The Morgan fingerprint density at radius 2 is 1.81 bits per heavy atom. The molecule has 2 rings (SSSR count). The molecule has 21 heavy (non-hydrogen) atoms. The summed E-state index contributed by atoms with van der Waals surface area (Å²) in [5.74, 6) is -0.721. The van der Waals surface area contributed by atoms with Crippen molar-refractivity contribution in [1.82, 2.24) is 5.32 Å². The summed E-state index contributed by atoms with van der Waals surface area (Å²) in [6, 6.07) is 5.69. The molecule has 0 spiro atoms. The number of amides is 1. The van der Waals surface area contributed by atoms with Crippen molar-refractivity contribution in [3.8, 4) is 0 Å². The molecule has 114 valence electrons. The molecule has 0 heterocycles. The number of hydrogen-bond acceptors (Lipinski definition) is 3. The third-order valence-corrected chi connectivity index (χ3v) is 3.43. The molecule has 0 fully saturated rings. The quantitative estimate of drug-likeness (QED) is 0.870. The first-order chi connectivity index (χ1) is 9.85. The Hall–Kier alpha value is -1.84. The van der Waals surface area contributed by atoms with Crippen LogP contribution in [0.25, 0.3) is 0 Å². The number of ether oxygens (including phenoxy) is 1. The molecule has 1 amide bonds. The van der Waals surface area contributed by atoms with Crippen LogP contribution >= 0.6 is 0 Å². The van der Waals surface area contributed by atoms with E-state index in [1.807, 2.05) is 32.9 Å². The van der Waals surface area contributed by atoms with Gasteiger partial charge in [0, 0.05) is 5.54 Å². The van der Waals surface area contributed by atoms with Crippen LogP contribution in [0.5, 0.6) is 0 Å². The molecule has 1 aliphatic rings. The zero-order chi connectivity index (χ0) is 15.5. The molecule has 1 aromatic rings. The maximum Gasteiger partial charge on any atom is 0.338 e. The van der Waals surface area contributed by atoms with E-state index in [-0.39, 0.29) is 18.1 Å². The second-order valence-corrected chi connectivity index (χ2v) is 6.56. The topological polar surface area (TPSA) is 55.4 Å². The molecule has 4 nitrogen and oxygen atoms in total. The number of benzene rings is 1. The van der Waals surface area contributed by atoms with Gasteiger partial charge in [-0.3, -0.25) is 4.79 Å². The average molecular weight is 289 g/mol. The Morgan fingerprint density at radius 1 is 1.14 bits per heavy atom. The van der Waals surface area contributed by atoms with Gasteiger partial charge in [0.05, 0.1) is 5.56 Å². The molecule has 0 aromatic heterocycles. The van der Waals surface area contributed by atoms with E-state index in [4.69, 9.17) is 4.74 Å². The van der Waals surface area contributed by atoms with Crippen LogP contribution in [0.15, 0.2) is 18.2 Å². The summed E-state index contributed by atoms with van der Waals surface area (Å²) in [6.07, 6.45) is 4.48. The Labute approximate surface area is 125 Å². The van der Waals surface area contributed by atoms with E-state index in [1.165, 1.54) is 24.0 Å². The third kappa shape index (κ3) is 4.59. The molecule has 0 radical (unpaired) electrons. The van der Waals surface area contributed by atoms with Crippen molar-refractivity contribution in [3.63, 3.8) is 0 Å². The van der Waals surface area contributed by atoms with Gasteiger partial charge in [0.2, 0.25) is 0 Å². The molecule has 0 aliphatic heterocycles. The summed E-state index contributed by atoms with van der Waals surface area (Å²) in [4.78, 5) is 23.6. The predicted octanol–water partition coefficient (Wildman–Crippen LogP) is 2.64. The summed E-state index contributed by atoms with van der Waals surface area (Å²) in [6.45, 7) is 5.41. The van der Waals surface area contributed by atoms with E-state index >= 15 is 0 Å². The highest BCUT2D eigenvalue weighted by molar-refractivity contribution is 5.91. The number of rotatable bonds is 3. The lowest BCUT2D eigenvalue weighted by molar-refractivity contribution is -0.125. The predicted molar refractivity (Wildman–Crippen MR) is 81.3 cm³/mol. The van der Waals surface area contributed by atoms with Crippen LogP contribution in [-0.2, 0) is 22.4 Å². The van der Waals surface area contributed by atoms with Gasteiger partial charge in [0.1, 0.15) is 0 Å². The lowest BCUT2D eigenvalue weighted by Gasteiger charge is -2.20. The highest BCUT2D eigenvalue weighted by atomic mass is 16.5. The van der Waals surface area contributed by atoms with Gasteiger partial charge in [-0.15, -0.1) is 0 Å². The van der Waals surface area contributed by atoms with E-state index in [0.29, 0.717) is 5.56 Å². The van der Waals surface area contributed by atoms with Crippen LogP contribution in [0.1, 0.15) is 55.1 Å². The molecular weight excluding hydrogens is 266 g/mol. The Morgan fingerprint density at radius 3 is 2.48 bits per heavy atom. The molecular formula is C17H23NO3. The zero-order valence-corrected chi connectivity index (χ0v) is 13.0. The molecule has 4 heteroatoms. The van der Waals surface area contributed by atoms with E-state index in [1.54, 1.807) is 6.07 Å². The maximum absolute atomic E-state index is 12.0. The summed E-state index contributed by atoms with van der Waals surface area (Å²) in [5.41, 5.74) is 2.76. The van der Waals surface area contributed by atoms with Gasteiger partial charge in [-0.2, -0.15) is 0 Å². The monoisotopic (exact) mass is 289 g/mol. The molecule has 1 aliphatic carbocycles. The van der Waals surface area contributed by atoms with Crippen molar-refractivity contribution in [3.05, 3.63) is 34.9 Å². The fourth-order valence-corrected chi connectivity index (χ4v) is 2.53. The van der Waals surface area contributed by atoms with Gasteiger partial charge in [-0.25, -0.2) is 4.79 Å². The normalized spacial score (nSPS) is 14.2. The maximum atomic E-state index is 12.0. The van der Waals surface area contributed by atoms with Crippen LogP contribution in [0.4, 0.5) is 0 Å². The van der Waals surface area contributed by atoms with Gasteiger partial charge >= 0.3 is 5.97 Å². The van der Waals surface area contributed by atoms with Gasteiger partial charge in [-0.1, -0.05) is 6.07 Å². The minimum absolute atomic E-state index is 0.243. The highest BCUT2D eigenvalue weighted by Gasteiger charge is 2.17. The molecule has 0 saturated carbocycles. The number of aryl methyl sites for hydroxylation is 2. The van der Waals surface area contributed by atoms with Crippen molar-refractivity contribution in [2.45, 2.75) is 52.0 Å². The number of esters is 1. The van der Waals surface area contributed by atoms with Crippen molar-refractivity contribution in [2.75, 3.05) is 6.61 Å². The van der Waals surface area contributed by atoms with Gasteiger partial charge in [-0.05, 0) is 69.7 Å². The van der Waals surface area contributed by atoms with Crippen LogP contribution in [0.3, 0.4) is 0 Å². The Bertz CT molecular complexity index is 543. The van der Waals surface area contributed by atoms with Crippen molar-refractivity contribution >= 4 is 11.9 Å². The van der Waals surface area contributed by atoms with Crippen LogP contribution in [0, 0.1) is 0 Å². The summed E-state index contributed by atoms with van der Waals surface area (Å²) < 4.78 is 5.08. The smallest absolute Gasteiger partial charge is 0.338 e. The van der Waals surface area contributed by atoms with Crippen LogP contribution < -0.4 is 5.32 Å². The van der Waals surface area contributed by atoms with E-state index < -0.39 is 5.97 Å². The first kappa shape index (κ1) is 15.5. The van der Waals surface area contributed by atoms with E-state index in [9.17, 15) is 9.59 Å². The van der Waals surface area contributed by atoms with Crippen molar-refractivity contribution in [2.24, 2.45) is 0 Å². The van der Waals surface area contributed by atoms with Crippen LogP contribution in [0.2, 0.25) is 0 Å². The largest absolute Gasteiger partial charge is 0.452 e. The molecule has 0 atom stereocenters. The van der Waals surface area contributed by atoms with Gasteiger partial charge in [0.15, 0.2) is 6.61 Å². The molecule has 0 bridgehead atoms. The van der Waals surface area contributed by atoms with Gasteiger partial charge < -0.3 is 10.1 Å². The summed E-state index contributed by atoms with van der Waals surface area (Å²) in [5, 5.41) is 2.76. The number of carbonyl (C=O) groups is 2. The number of carbonyl (C=O) groups excluding carboxylic acids is 2. The minimum Gasteiger partial charge on any atom is -0.452 e. The zero-order valence-electron chi connectivity index (χ0n) is 13.0. The lowest BCUT2D eigenvalue weighted by atomic mass is 9.90. The number of fused-ring (bicyclic) bond motifs is 1. The lowest BCUT2D eigenvalue weighted by Crippen LogP contribution is -2.42. The van der Waals surface area contributed by atoms with Crippen LogP contribution in [-0.4, -0.2) is 24.0 Å². The summed E-state index contributed by atoms with van der Waals surface area (Å²) in [7, 11) is 0. The fourth-order valence-electron chi connectivity index (χ4n) is 2.53. The second-order valence-electron chi connectivity index (χ2n) is 6.56. The minimum atomic E-state index is -0.438. The standard InChI is InChI=1S/C17H23NO3/c1-17(2,3)18-15(19)11-21-16(20)14-9-8-12-6-4-5-7-13(12)10-14/h8-10H,4-7,11H2,1-3H3,(H,18,19). The summed E-state index contributed by atoms with van der Waals surface area (Å²) >= 11 is 0. The first-order valence-electron chi connectivity index (χ1n) is 7.45. The molecule has 1 aromatic carbocycles. The average Bonchev–Trinajstić information content (AvgIpc) is 2.42.